The van der Waals surface area contributed by atoms with Gasteiger partial charge in [-0.1, -0.05) is 17.7 Å². The lowest BCUT2D eigenvalue weighted by Gasteiger charge is -2.04. The van der Waals surface area contributed by atoms with E-state index in [0.717, 1.165) is 28.7 Å². The first-order chi connectivity index (χ1) is 9.06. The van der Waals surface area contributed by atoms with Crippen molar-refractivity contribution in [3.05, 3.63) is 65.2 Å². The molecule has 0 fully saturated rings. The monoisotopic (exact) mass is 278 g/mol. The second-order valence-electron chi connectivity index (χ2n) is 4.15. The van der Waals surface area contributed by atoms with Gasteiger partial charge in [0.1, 0.15) is 11.6 Å². The average Bonchev–Trinajstić information content (AvgIpc) is 2.39. The minimum atomic E-state index is -0.684. The van der Waals surface area contributed by atoms with E-state index in [9.17, 15) is 13.6 Å². The lowest BCUT2D eigenvalue weighted by atomic mass is 10.1. The predicted molar refractivity (Wildman–Crippen MR) is 72.6 cm³/mol. The highest BCUT2D eigenvalue weighted by Gasteiger charge is 2.13. The van der Waals surface area contributed by atoms with Crippen molar-refractivity contribution in [1.29, 1.82) is 0 Å². The number of hydrogen-bond donors (Lipinski definition) is 0. The lowest BCUT2D eigenvalue weighted by Crippen LogP contribution is -2.05. The van der Waals surface area contributed by atoms with Crippen LogP contribution >= 0.6 is 11.8 Å². The van der Waals surface area contributed by atoms with Crippen LogP contribution in [0, 0.1) is 18.6 Å². The number of benzene rings is 2. The van der Waals surface area contributed by atoms with Crippen molar-refractivity contribution in [1.82, 2.24) is 0 Å². The second-order valence-corrected chi connectivity index (χ2v) is 5.20. The van der Waals surface area contributed by atoms with Crippen molar-refractivity contribution in [2.45, 2.75) is 11.8 Å². The minimum Gasteiger partial charge on any atom is -0.293 e. The Kier molecular flexibility index (Phi) is 4.32. The summed E-state index contributed by atoms with van der Waals surface area (Å²) >= 11 is 1.31. The van der Waals surface area contributed by atoms with Crippen LogP contribution in [0.5, 0.6) is 0 Å². The largest absolute Gasteiger partial charge is 0.293 e. The van der Waals surface area contributed by atoms with Gasteiger partial charge in [-0.25, -0.2) is 8.78 Å². The third-order valence-corrected chi connectivity index (χ3v) is 3.58. The van der Waals surface area contributed by atoms with E-state index in [-0.39, 0.29) is 11.3 Å². The van der Waals surface area contributed by atoms with Gasteiger partial charge in [0.05, 0.1) is 11.3 Å². The van der Waals surface area contributed by atoms with Crippen LogP contribution in [0.4, 0.5) is 8.78 Å². The van der Waals surface area contributed by atoms with Crippen molar-refractivity contribution in [3.63, 3.8) is 0 Å². The molecule has 0 amide bonds. The normalized spacial score (nSPS) is 10.5. The summed E-state index contributed by atoms with van der Waals surface area (Å²) in [5.41, 5.74) is 0.898. The maximum absolute atomic E-state index is 13.4. The summed E-state index contributed by atoms with van der Waals surface area (Å²) in [7, 11) is 0. The predicted octanol–water partition coefficient (Wildman–Crippen LogP) is 4.25. The Hall–Kier alpha value is -1.68. The van der Waals surface area contributed by atoms with Gasteiger partial charge in [0, 0.05) is 4.90 Å². The highest BCUT2D eigenvalue weighted by atomic mass is 32.2. The Balaban J connectivity index is 2.07. The Morgan fingerprint density at radius 3 is 2.68 bits per heavy atom. The molecule has 0 aliphatic heterocycles. The van der Waals surface area contributed by atoms with E-state index in [0.29, 0.717) is 0 Å². The van der Waals surface area contributed by atoms with Gasteiger partial charge in [-0.05, 0) is 37.3 Å². The summed E-state index contributed by atoms with van der Waals surface area (Å²) in [4.78, 5) is 12.8. The summed E-state index contributed by atoms with van der Waals surface area (Å²) in [5, 5.41) is 0. The lowest BCUT2D eigenvalue weighted by molar-refractivity contribution is 0.101. The van der Waals surface area contributed by atoms with E-state index >= 15 is 0 Å². The number of carbonyl (C=O) groups is 1. The van der Waals surface area contributed by atoms with Crippen molar-refractivity contribution in [3.8, 4) is 0 Å². The molecule has 0 aliphatic rings. The average molecular weight is 278 g/mol. The quantitative estimate of drug-likeness (QED) is 0.614. The second kappa shape index (κ2) is 5.97. The van der Waals surface area contributed by atoms with Gasteiger partial charge in [0.2, 0.25) is 0 Å². The fourth-order valence-electron chi connectivity index (χ4n) is 1.64. The van der Waals surface area contributed by atoms with E-state index in [1.807, 2.05) is 31.2 Å². The summed E-state index contributed by atoms with van der Waals surface area (Å²) in [6.45, 7) is 1.96. The van der Waals surface area contributed by atoms with Crippen LogP contribution in [0.2, 0.25) is 0 Å². The van der Waals surface area contributed by atoms with Crippen LogP contribution in [0.3, 0.4) is 0 Å². The Labute approximate surface area is 114 Å². The zero-order valence-corrected chi connectivity index (χ0v) is 11.1. The molecule has 2 aromatic carbocycles. The van der Waals surface area contributed by atoms with Gasteiger partial charge in [-0.3, -0.25) is 4.79 Å². The molecule has 0 heterocycles. The van der Waals surface area contributed by atoms with Gasteiger partial charge < -0.3 is 0 Å². The van der Waals surface area contributed by atoms with E-state index in [4.69, 9.17) is 0 Å². The van der Waals surface area contributed by atoms with Crippen molar-refractivity contribution in [2.24, 2.45) is 0 Å². The SMILES string of the molecule is Cc1cccc(SCC(=O)c2cc(F)ccc2F)c1. The van der Waals surface area contributed by atoms with Crippen LogP contribution < -0.4 is 0 Å². The molecule has 4 heteroatoms. The molecule has 0 spiro atoms. The number of carbonyl (C=O) groups excluding carboxylic acids is 1. The van der Waals surface area contributed by atoms with Crippen LogP contribution in [0.1, 0.15) is 15.9 Å². The highest BCUT2D eigenvalue weighted by Crippen LogP contribution is 2.21. The molecule has 19 heavy (non-hydrogen) atoms. The van der Waals surface area contributed by atoms with E-state index in [1.165, 1.54) is 11.8 Å². The zero-order valence-electron chi connectivity index (χ0n) is 10.3. The fourth-order valence-corrected chi connectivity index (χ4v) is 2.54. The molecule has 1 nitrogen and oxygen atoms in total. The van der Waals surface area contributed by atoms with Crippen molar-refractivity contribution >= 4 is 17.5 Å². The molecule has 0 aromatic heterocycles. The number of halogens is 2. The maximum atomic E-state index is 13.4. The minimum absolute atomic E-state index is 0.0871. The first-order valence-electron chi connectivity index (χ1n) is 5.74. The highest BCUT2D eigenvalue weighted by molar-refractivity contribution is 8.00. The summed E-state index contributed by atoms with van der Waals surface area (Å²) in [5.74, 6) is -1.62. The van der Waals surface area contributed by atoms with Gasteiger partial charge in [0.25, 0.3) is 0 Å². The number of ketones is 1. The molecule has 0 aliphatic carbocycles. The van der Waals surface area contributed by atoms with Crippen LogP contribution in [-0.2, 0) is 0 Å². The molecular formula is C15H12F2OS. The number of thioether (sulfide) groups is 1. The topological polar surface area (TPSA) is 17.1 Å². The summed E-state index contributed by atoms with van der Waals surface area (Å²) < 4.78 is 26.4. The molecule has 2 rings (SSSR count). The Bertz CT molecular complexity index is 611. The standard InChI is InChI=1S/C15H12F2OS/c1-10-3-2-4-12(7-10)19-9-15(18)13-8-11(16)5-6-14(13)17/h2-8H,9H2,1H3. The maximum Gasteiger partial charge on any atom is 0.176 e. The van der Waals surface area contributed by atoms with Gasteiger partial charge in [0.15, 0.2) is 5.78 Å². The molecule has 0 radical (unpaired) electrons. The Morgan fingerprint density at radius 1 is 1.16 bits per heavy atom. The molecule has 0 saturated carbocycles. The van der Waals surface area contributed by atoms with E-state index < -0.39 is 17.4 Å². The summed E-state index contributed by atoms with van der Waals surface area (Å²) in [6, 6.07) is 10.6. The van der Waals surface area contributed by atoms with Crippen molar-refractivity contribution in [2.75, 3.05) is 5.75 Å². The fraction of sp³-hybridized carbons (Fsp3) is 0.133. The third-order valence-electron chi connectivity index (χ3n) is 2.59. The number of aryl methyl sites for hydroxylation is 1. The first-order valence-corrected chi connectivity index (χ1v) is 6.72. The third kappa shape index (κ3) is 3.64. The molecule has 98 valence electrons. The molecule has 0 bridgehead atoms. The molecule has 0 atom stereocenters. The van der Waals surface area contributed by atoms with Crippen LogP contribution in [0.25, 0.3) is 0 Å². The molecule has 0 N–H and O–H groups in total. The molecular weight excluding hydrogens is 266 g/mol. The first kappa shape index (κ1) is 13.7. The molecule has 0 saturated heterocycles. The number of hydrogen-bond acceptors (Lipinski definition) is 2. The molecule has 0 unspecified atom stereocenters. The smallest absolute Gasteiger partial charge is 0.176 e. The van der Waals surface area contributed by atoms with Crippen LogP contribution in [-0.4, -0.2) is 11.5 Å². The summed E-state index contributed by atoms with van der Waals surface area (Å²) in [6.07, 6.45) is 0. The zero-order chi connectivity index (χ0) is 13.8. The van der Waals surface area contributed by atoms with Gasteiger partial charge in [-0.15, -0.1) is 11.8 Å². The number of Topliss-reactive ketones (excluding diaryl/α,β-unsaturated/α-hetero) is 1. The molecule has 2 aromatic rings. The van der Waals surface area contributed by atoms with Crippen LogP contribution in [0.15, 0.2) is 47.4 Å². The number of rotatable bonds is 4. The van der Waals surface area contributed by atoms with E-state index in [1.54, 1.807) is 0 Å². The van der Waals surface area contributed by atoms with Gasteiger partial charge in [-0.2, -0.15) is 0 Å². The van der Waals surface area contributed by atoms with Crippen molar-refractivity contribution < 1.29 is 13.6 Å². The van der Waals surface area contributed by atoms with Gasteiger partial charge >= 0.3 is 0 Å². The van der Waals surface area contributed by atoms with E-state index in [2.05, 4.69) is 0 Å². The Morgan fingerprint density at radius 2 is 1.95 bits per heavy atom.